The van der Waals surface area contributed by atoms with E-state index in [1.54, 1.807) is 30.3 Å². The highest BCUT2D eigenvalue weighted by molar-refractivity contribution is 6.42. The highest BCUT2D eigenvalue weighted by Crippen LogP contribution is 2.47. The molecule has 0 atom stereocenters. The molecular formula is C18H15Cl2FN2O2. The Labute approximate surface area is 154 Å². The Morgan fingerprint density at radius 1 is 1.04 bits per heavy atom. The second kappa shape index (κ2) is 7.02. The number of nitrogens with one attached hydrogen (secondary N) is 2. The van der Waals surface area contributed by atoms with Crippen LogP contribution in [0.15, 0.2) is 42.5 Å². The molecule has 7 heteroatoms. The number of rotatable bonds is 5. The molecule has 1 aliphatic rings. The maximum Gasteiger partial charge on any atom is 0.240 e. The van der Waals surface area contributed by atoms with Crippen LogP contribution in [0.3, 0.4) is 0 Å². The van der Waals surface area contributed by atoms with Gasteiger partial charge < -0.3 is 10.6 Å². The molecule has 25 heavy (non-hydrogen) atoms. The van der Waals surface area contributed by atoms with Gasteiger partial charge in [0, 0.05) is 17.8 Å². The minimum atomic E-state index is -1.11. The molecule has 0 bridgehead atoms. The van der Waals surface area contributed by atoms with Crippen molar-refractivity contribution in [2.75, 3.05) is 5.32 Å². The first-order chi connectivity index (χ1) is 11.9. The van der Waals surface area contributed by atoms with Crippen LogP contribution in [0.1, 0.15) is 18.4 Å². The fourth-order valence-electron chi connectivity index (χ4n) is 2.49. The summed E-state index contributed by atoms with van der Waals surface area (Å²) in [6.07, 6.45) is 0.895. The quantitative estimate of drug-likeness (QED) is 0.764. The SMILES string of the molecule is O=C(NCc1ccccc1F)C1(C(=O)Nc2ccc(Cl)c(Cl)c2)CC1. The molecule has 130 valence electrons. The van der Waals surface area contributed by atoms with Crippen molar-refractivity contribution in [3.05, 3.63) is 63.9 Å². The zero-order chi connectivity index (χ0) is 18.0. The molecule has 0 spiro atoms. The maximum absolute atomic E-state index is 13.6. The van der Waals surface area contributed by atoms with Crippen LogP contribution in [0, 0.1) is 11.2 Å². The van der Waals surface area contributed by atoms with Crippen molar-refractivity contribution in [3.8, 4) is 0 Å². The van der Waals surface area contributed by atoms with Crippen LogP contribution in [0.4, 0.5) is 10.1 Å². The monoisotopic (exact) mass is 380 g/mol. The molecule has 0 radical (unpaired) electrons. The van der Waals surface area contributed by atoms with Gasteiger partial charge in [0.05, 0.1) is 10.0 Å². The second-order valence-electron chi connectivity index (χ2n) is 5.94. The van der Waals surface area contributed by atoms with Gasteiger partial charge in [0.2, 0.25) is 11.8 Å². The lowest BCUT2D eigenvalue weighted by Crippen LogP contribution is -2.39. The zero-order valence-corrected chi connectivity index (χ0v) is 14.6. The number of benzene rings is 2. The van der Waals surface area contributed by atoms with E-state index in [2.05, 4.69) is 10.6 Å². The molecule has 1 fully saturated rings. The van der Waals surface area contributed by atoms with E-state index in [0.717, 1.165) is 0 Å². The minimum Gasteiger partial charge on any atom is -0.351 e. The van der Waals surface area contributed by atoms with Gasteiger partial charge in [0.25, 0.3) is 0 Å². The molecule has 0 aromatic heterocycles. The summed E-state index contributed by atoms with van der Waals surface area (Å²) < 4.78 is 13.6. The van der Waals surface area contributed by atoms with Crippen molar-refractivity contribution in [1.82, 2.24) is 5.32 Å². The fourth-order valence-corrected chi connectivity index (χ4v) is 2.79. The van der Waals surface area contributed by atoms with E-state index in [-0.39, 0.29) is 6.54 Å². The van der Waals surface area contributed by atoms with Crippen molar-refractivity contribution in [2.45, 2.75) is 19.4 Å². The molecule has 1 aliphatic carbocycles. The Morgan fingerprint density at radius 3 is 2.40 bits per heavy atom. The standard InChI is InChI=1S/C18H15Cl2FN2O2/c19-13-6-5-12(9-14(13)20)23-17(25)18(7-8-18)16(24)22-10-11-3-1-2-4-15(11)21/h1-6,9H,7-8,10H2,(H,22,24)(H,23,25). The summed E-state index contributed by atoms with van der Waals surface area (Å²) in [5.74, 6) is -1.21. The molecule has 4 nitrogen and oxygen atoms in total. The number of halogens is 3. The summed E-state index contributed by atoms with van der Waals surface area (Å²) in [5.41, 5.74) is -0.277. The van der Waals surface area contributed by atoms with Gasteiger partial charge in [-0.2, -0.15) is 0 Å². The molecule has 3 rings (SSSR count). The van der Waals surface area contributed by atoms with Crippen LogP contribution in [-0.2, 0) is 16.1 Å². The number of carbonyl (C=O) groups excluding carboxylic acids is 2. The highest BCUT2D eigenvalue weighted by Gasteiger charge is 2.56. The number of hydrogen-bond acceptors (Lipinski definition) is 2. The lowest BCUT2D eigenvalue weighted by molar-refractivity contribution is -0.134. The van der Waals surface area contributed by atoms with Gasteiger partial charge in [-0.3, -0.25) is 9.59 Å². The minimum absolute atomic E-state index is 0.0350. The molecule has 1 saturated carbocycles. The van der Waals surface area contributed by atoms with E-state index < -0.39 is 23.0 Å². The van der Waals surface area contributed by atoms with E-state index in [1.165, 1.54) is 12.1 Å². The number of anilines is 1. The topological polar surface area (TPSA) is 58.2 Å². The summed E-state index contributed by atoms with van der Waals surface area (Å²) in [6, 6.07) is 10.9. The van der Waals surface area contributed by atoms with Crippen LogP contribution >= 0.6 is 23.2 Å². The third-order valence-electron chi connectivity index (χ3n) is 4.19. The van der Waals surface area contributed by atoms with Gasteiger partial charge in [0.15, 0.2) is 0 Å². The molecular weight excluding hydrogens is 366 g/mol. The Bertz CT molecular complexity index is 838. The third-order valence-corrected chi connectivity index (χ3v) is 4.93. The van der Waals surface area contributed by atoms with Gasteiger partial charge in [0.1, 0.15) is 11.2 Å². The van der Waals surface area contributed by atoms with Gasteiger partial charge in [-0.25, -0.2) is 4.39 Å². The molecule has 0 aliphatic heterocycles. The number of hydrogen-bond donors (Lipinski definition) is 2. The smallest absolute Gasteiger partial charge is 0.240 e. The van der Waals surface area contributed by atoms with Crippen LogP contribution in [0.2, 0.25) is 10.0 Å². The van der Waals surface area contributed by atoms with Crippen molar-refractivity contribution < 1.29 is 14.0 Å². The number of carbonyl (C=O) groups is 2. The van der Waals surface area contributed by atoms with Crippen molar-refractivity contribution in [3.63, 3.8) is 0 Å². The van der Waals surface area contributed by atoms with Crippen molar-refractivity contribution >= 4 is 40.7 Å². The molecule has 0 unspecified atom stereocenters. The molecule has 0 heterocycles. The molecule has 0 saturated heterocycles. The summed E-state index contributed by atoms with van der Waals surface area (Å²) >= 11 is 11.8. The summed E-state index contributed by atoms with van der Waals surface area (Å²) in [6.45, 7) is 0.0350. The van der Waals surface area contributed by atoms with Gasteiger partial charge in [-0.05, 0) is 37.1 Å². The Morgan fingerprint density at radius 2 is 1.76 bits per heavy atom. The van der Waals surface area contributed by atoms with Crippen LogP contribution in [-0.4, -0.2) is 11.8 Å². The predicted octanol–water partition coefficient (Wildman–Crippen LogP) is 4.17. The third kappa shape index (κ3) is 3.78. The molecule has 2 aromatic carbocycles. The fraction of sp³-hybridized carbons (Fsp3) is 0.222. The summed E-state index contributed by atoms with van der Waals surface area (Å²) in [7, 11) is 0. The van der Waals surface area contributed by atoms with Crippen molar-refractivity contribution in [1.29, 1.82) is 0 Å². The first-order valence-corrected chi connectivity index (χ1v) is 8.46. The lowest BCUT2D eigenvalue weighted by atomic mass is 10.0. The first kappa shape index (κ1) is 17.7. The number of amides is 2. The normalized spacial score (nSPS) is 14.7. The van der Waals surface area contributed by atoms with Gasteiger partial charge in [-0.15, -0.1) is 0 Å². The van der Waals surface area contributed by atoms with Gasteiger partial charge >= 0.3 is 0 Å². The maximum atomic E-state index is 13.6. The average Bonchev–Trinajstić information content (AvgIpc) is 3.39. The summed E-state index contributed by atoms with van der Waals surface area (Å²) in [5, 5.41) is 6.02. The van der Waals surface area contributed by atoms with E-state index in [4.69, 9.17) is 23.2 Å². The predicted molar refractivity (Wildman–Crippen MR) is 95.0 cm³/mol. The van der Waals surface area contributed by atoms with Crippen molar-refractivity contribution in [2.24, 2.45) is 5.41 Å². The van der Waals surface area contributed by atoms with Gasteiger partial charge in [-0.1, -0.05) is 41.4 Å². The van der Waals surface area contributed by atoms with E-state index >= 15 is 0 Å². The van der Waals surface area contributed by atoms with E-state index in [9.17, 15) is 14.0 Å². The Balaban J connectivity index is 1.64. The highest BCUT2D eigenvalue weighted by atomic mass is 35.5. The van der Waals surface area contributed by atoms with Crippen LogP contribution in [0.5, 0.6) is 0 Å². The molecule has 2 N–H and O–H groups in total. The van der Waals surface area contributed by atoms with Crippen LogP contribution in [0.25, 0.3) is 0 Å². The molecule has 2 amide bonds. The second-order valence-corrected chi connectivity index (χ2v) is 6.75. The zero-order valence-electron chi connectivity index (χ0n) is 13.1. The first-order valence-electron chi connectivity index (χ1n) is 7.70. The van der Waals surface area contributed by atoms with E-state index in [0.29, 0.717) is 34.1 Å². The Kier molecular flexibility index (Phi) is 4.97. The van der Waals surface area contributed by atoms with E-state index in [1.807, 2.05) is 0 Å². The summed E-state index contributed by atoms with van der Waals surface area (Å²) in [4.78, 5) is 24.9. The Hall–Kier alpha value is -2.11. The average molecular weight is 381 g/mol. The lowest BCUT2D eigenvalue weighted by Gasteiger charge is -2.16. The van der Waals surface area contributed by atoms with Crippen LogP contribution < -0.4 is 10.6 Å². The molecule has 2 aromatic rings. The largest absolute Gasteiger partial charge is 0.351 e.